The van der Waals surface area contributed by atoms with E-state index in [4.69, 9.17) is 9.47 Å². The van der Waals surface area contributed by atoms with Crippen molar-refractivity contribution in [3.63, 3.8) is 0 Å². The maximum absolute atomic E-state index is 14.2. The third-order valence-electron chi connectivity index (χ3n) is 15.0. The second-order valence-electron chi connectivity index (χ2n) is 19.9. The number of likely N-dealkylation sites (tertiary alicyclic amines) is 2. The first-order valence-corrected chi connectivity index (χ1v) is 25.1. The summed E-state index contributed by atoms with van der Waals surface area (Å²) in [4.78, 5) is 40.4. The molecule has 4 aromatic carbocycles. The highest BCUT2D eigenvalue weighted by atomic mass is 16.6. The lowest BCUT2D eigenvalue weighted by atomic mass is 9.88. The van der Waals surface area contributed by atoms with E-state index in [0.717, 1.165) is 109 Å². The van der Waals surface area contributed by atoms with Crippen LogP contribution in [0.25, 0.3) is 33.2 Å². The molecule has 0 bridgehead atoms. The number of rotatable bonds is 18. The van der Waals surface area contributed by atoms with Gasteiger partial charge in [0.1, 0.15) is 37.5 Å². The molecular weight excluding hydrogens is 877 g/mol. The summed E-state index contributed by atoms with van der Waals surface area (Å²) >= 11 is 0. The molecule has 2 fully saturated rings. The molecule has 70 heavy (non-hydrogen) atoms. The number of hydrogen-bond acceptors (Lipinski definition) is 10. The van der Waals surface area contributed by atoms with E-state index in [1.165, 1.54) is 11.1 Å². The van der Waals surface area contributed by atoms with Crippen molar-refractivity contribution in [1.29, 1.82) is 0 Å². The maximum atomic E-state index is 14.2. The van der Waals surface area contributed by atoms with Gasteiger partial charge in [-0.05, 0) is 147 Å². The maximum Gasteiger partial charge on any atom is 0.417 e. The van der Waals surface area contributed by atoms with E-state index in [2.05, 4.69) is 127 Å². The molecule has 4 unspecified atom stereocenters. The Morgan fingerprint density at radius 2 is 0.943 bits per heavy atom. The van der Waals surface area contributed by atoms with Crippen molar-refractivity contribution in [3.8, 4) is 11.4 Å². The van der Waals surface area contributed by atoms with Crippen LogP contribution >= 0.6 is 0 Å². The van der Waals surface area contributed by atoms with Gasteiger partial charge < -0.3 is 29.2 Å². The number of ether oxygens (including phenoxy) is 2. The Morgan fingerprint density at radius 3 is 1.33 bits per heavy atom. The minimum absolute atomic E-state index is 0.328. The van der Waals surface area contributed by atoms with E-state index in [1.807, 2.05) is 45.8 Å². The van der Waals surface area contributed by atoms with E-state index >= 15 is 0 Å². The number of nitrogens with one attached hydrogen (secondary N) is 2. The topological polar surface area (TPSA) is 152 Å². The molecule has 0 radical (unpaired) electrons. The second-order valence-corrected chi connectivity index (χ2v) is 19.9. The molecule has 0 amide bonds. The van der Waals surface area contributed by atoms with Gasteiger partial charge in [0.25, 0.3) is 0 Å². The van der Waals surface area contributed by atoms with E-state index in [1.54, 1.807) is 25.3 Å². The molecule has 0 saturated carbocycles. The van der Waals surface area contributed by atoms with Crippen molar-refractivity contribution >= 4 is 33.7 Å². The zero-order chi connectivity index (χ0) is 47.8. The number of esters is 2. The van der Waals surface area contributed by atoms with Gasteiger partial charge in [0.05, 0.1) is 0 Å². The zero-order valence-electron chi connectivity index (χ0n) is 40.3. The van der Waals surface area contributed by atoms with Crippen LogP contribution in [-0.4, -0.2) is 113 Å². The van der Waals surface area contributed by atoms with Crippen molar-refractivity contribution in [2.75, 3.05) is 39.3 Å². The molecule has 0 aliphatic carbocycles. The van der Waals surface area contributed by atoms with Crippen molar-refractivity contribution in [2.24, 2.45) is 11.8 Å². The van der Waals surface area contributed by atoms with Gasteiger partial charge in [-0.15, -0.1) is 20.4 Å². The normalized spacial score (nSPS) is 17.1. The summed E-state index contributed by atoms with van der Waals surface area (Å²) in [5.74, 6) is -0.356. The van der Waals surface area contributed by atoms with Crippen molar-refractivity contribution in [2.45, 2.75) is 89.3 Å². The van der Waals surface area contributed by atoms with Gasteiger partial charge in [0.15, 0.2) is 0 Å². The van der Waals surface area contributed by atoms with Crippen LogP contribution in [0.3, 0.4) is 0 Å². The predicted octanol–water partition coefficient (Wildman–Crippen LogP) is 9.23. The molecule has 0 spiro atoms. The number of benzene rings is 4. The van der Waals surface area contributed by atoms with E-state index in [0.29, 0.717) is 49.4 Å². The third-order valence-corrected chi connectivity index (χ3v) is 15.0. The average Bonchev–Trinajstić information content (AvgIpc) is 4.25. The van der Waals surface area contributed by atoms with E-state index < -0.39 is 24.1 Å². The van der Waals surface area contributed by atoms with Crippen LogP contribution < -0.4 is 0 Å². The first kappa shape index (κ1) is 46.8. The van der Waals surface area contributed by atoms with Crippen molar-refractivity contribution in [1.82, 2.24) is 49.3 Å². The smallest absolute Gasteiger partial charge is 0.417 e. The number of nitrogens with zero attached hydrogens (tertiary/aromatic N) is 8. The fraction of sp³-hybridized carbons (Fsp3) is 0.393. The first-order chi connectivity index (χ1) is 34.3. The molecule has 8 aromatic rings. The molecule has 2 N–H and O–H groups in total. The molecule has 2 aliphatic heterocycles. The number of hydrogen-bond donors (Lipinski definition) is 2. The molecular formula is C56H64N10O4. The standard InChI is InChI=1S/C56H64N10O4/c1-39(43-9-5-3-6-10-43)33-63-21-17-41(18-22-63)25-49(27-45-31-57-53-15-13-47(29-51(45)53)65-35-59-60-36-65)69-55(67)56(68)70-50(26-42-19-23-64(24-20-42)34-40(2)44-11-7-4-8-12-44)28-46-32-58-54-16-14-48(30-52(46)54)66-37-61-62-38-66/h3-16,29-32,35-42,49-50,57-58H,17-28,33-34H2,1-2H3. The Morgan fingerprint density at radius 1 is 0.557 bits per heavy atom. The minimum atomic E-state index is -0.937. The largest absolute Gasteiger partial charge is 0.454 e. The Bertz CT molecular complexity index is 2720. The molecule has 2 saturated heterocycles. The van der Waals surface area contributed by atoms with E-state index in [-0.39, 0.29) is 0 Å². The SMILES string of the molecule is CC(CN1CCC(CC(Cc2c[nH]c3ccc(-n4cnnc4)cc23)OC(=O)C(=O)OC(Cc2c[nH]c3ccc(-n4cnnc4)cc23)CC2CCN(CC(C)c3ccccc3)CC2)CC1)c1ccccc1. The van der Waals surface area contributed by atoms with Gasteiger partial charge in [-0.2, -0.15) is 0 Å². The Hall–Kier alpha value is -6.90. The highest BCUT2D eigenvalue weighted by Gasteiger charge is 2.32. The minimum Gasteiger partial charge on any atom is -0.454 e. The zero-order valence-corrected chi connectivity index (χ0v) is 40.3. The van der Waals surface area contributed by atoms with Gasteiger partial charge in [0, 0.05) is 71.5 Å². The summed E-state index contributed by atoms with van der Waals surface area (Å²) in [5, 5.41) is 18.0. The first-order valence-electron chi connectivity index (χ1n) is 25.1. The van der Waals surface area contributed by atoms with Crippen LogP contribution in [0.1, 0.15) is 86.5 Å². The molecule has 6 heterocycles. The van der Waals surface area contributed by atoms with Gasteiger partial charge in [0.2, 0.25) is 0 Å². The number of fused-ring (bicyclic) bond motifs is 2. The summed E-state index contributed by atoms with van der Waals surface area (Å²) in [7, 11) is 0. The highest BCUT2D eigenvalue weighted by molar-refractivity contribution is 6.29. The molecule has 14 heteroatoms. The molecule has 14 nitrogen and oxygen atoms in total. The quantitative estimate of drug-likeness (QED) is 0.0629. The van der Waals surface area contributed by atoms with Crippen LogP contribution in [0.2, 0.25) is 0 Å². The van der Waals surface area contributed by atoms with Crippen LogP contribution in [0.15, 0.2) is 135 Å². The highest BCUT2D eigenvalue weighted by Crippen LogP contribution is 2.32. The predicted molar refractivity (Wildman–Crippen MR) is 271 cm³/mol. The molecule has 4 aromatic heterocycles. The molecule has 10 rings (SSSR count). The number of carbonyl (C=O) groups excluding carboxylic acids is 2. The fourth-order valence-corrected chi connectivity index (χ4v) is 11.0. The molecule has 362 valence electrons. The van der Waals surface area contributed by atoms with Crippen LogP contribution in [-0.2, 0) is 31.9 Å². The summed E-state index contributed by atoms with van der Waals surface area (Å²) in [6.45, 7) is 10.5. The summed E-state index contributed by atoms with van der Waals surface area (Å²) in [6.07, 6.45) is 15.8. The second kappa shape index (κ2) is 21.8. The van der Waals surface area contributed by atoms with E-state index in [9.17, 15) is 9.59 Å². The van der Waals surface area contributed by atoms with Crippen LogP contribution in [0.5, 0.6) is 0 Å². The lowest BCUT2D eigenvalue weighted by Crippen LogP contribution is -2.39. The van der Waals surface area contributed by atoms with Crippen molar-refractivity contribution in [3.05, 3.63) is 157 Å². The fourth-order valence-electron chi connectivity index (χ4n) is 11.0. The molecule has 2 aliphatic rings. The Balaban J connectivity index is 0.849. The van der Waals surface area contributed by atoms with Gasteiger partial charge in [-0.1, -0.05) is 74.5 Å². The molecule has 4 atom stereocenters. The third kappa shape index (κ3) is 11.4. The van der Waals surface area contributed by atoms with Gasteiger partial charge >= 0.3 is 11.9 Å². The van der Waals surface area contributed by atoms with Crippen LogP contribution in [0.4, 0.5) is 0 Å². The lowest BCUT2D eigenvalue weighted by Gasteiger charge is -2.35. The number of H-pyrrole nitrogens is 2. The van der Waals surface area contributed by atoms with Crippen molar-refractivity contribution < 1.29 is 19.1 Å². The van der Waals surface area contributed by atoms with Gasteiger partial charge in [-0.3, -0.25) is 9.13 Å². The number of carbonyl (C=O) groups is 2. The average molecular weight is 941 g/mol. The number of piperidine rings is 2. The van der Waals surface area contributed by atoms with Gasteiger partial charge in [-0.25, -0.2) is 9.59 Å². The Labute approximate surface area is 409 Å². The lowest BCUT2D eigenvalue weighted by molar-refractivity contribution is -0.175. The Kier molecular flexibility index (Phi) is 14.6. The monoisotopic (exact) mass is 941 g/mol. The number of aromatic nitrogens is 8. The summed E-state index contributed by atoms with van der Waals surface area (Å²) in [6, 6.07) is 33.7. The van der Waals surface area contributed by atoms with Crippen LogP contribution in [0, 0.1) is 11.8 Å². The summed E-state index contributed by atoms with van der Waals surface area (Å²) in [5.41, 5.74) is 8.53. The summed E-state index contributed by atoms with van der Waals surface area (Å²) < 4.78 is 16.4. The number of aromatic amines is 2.